The molecule has 0 heterocycles. The number of hydrogen-bond acceptors (Lipinski definition) is 2. The van der Waals surface area contributed by atoms with Crippen LogP contribution in [0.25, 0.3) is 27.1 Å². The van der Waals surface area contributed by atoms with Gasteiger partial charge in [-0.2, -0.15) is 0 Å². The smallest absolute Gasteiger partial charge is 0.329 e. The average molecular weight is 291 g/mol. The first-order valence-corrected chi connectivity index (χ1v) is 6.72. The van der Waals surface area contributed by atoms with Crippen LogP contribution >= 0.6 is 0 Å². The molecule has 4 nitrogen and oxygen atoms in total. The lowest BCUT2D eigenvalue weighted by Crippen LogP contribution is -2.14. The maximum absolute atomic E-state index is 11.6. The van der Waals surface area contributed by atoms with E-state index < -0.39 is 11.9 Å². The van der Waals surface area contributed by atoms with Crippen LogP contribution in [0.5, 0.6) is 0 Å². The zero-order chi connectivity index (χ0) is 15.7. The normalized spacial score (nSPS) is 11.7. The van der Waals surface area contributed by atoms with Gasteiger partial charge in [0.15, 0.2) is 0 Å². The molecule has 0 saturated carbocycles. The summed E-state index contributed by atoms with van der Waals surface area (Å²) in [6.45, 7) is 0. The van der Waals surface area contributed by atoms with E-state index in [9.17, 15) is 9.59 Å². The van der Waals surface area contributed by atoms with E-state index in [0.29, 0.717) is 5.56 Å². The number of carbonyl (C=O) groups excluding carboxylic acids is 1. The number of aliphatic carboxylic acids is 1. The van der Waals surface area contributed by atoms with Gasteiger partial charge in [0, 0.05) is 6.08 Å². The first-order valence-electron chi connectivity index (χ1n) is 6.72. The zero-order valence-electron chi connectivity index (χ0n) is 11.6. The highest BCUT2D eigenvalue weighted by molar-refractivity contribution is 6.25. The van der Waals surface area contributed by atoms with Crippen LogP contribution in [0.1, 0.15) is 5.56 Å². The fourth-order valence-corrected chi connectivity index (χ4v) is 2.61. The summed E-state index contributed by atoms with van der Waals surface area (Å²) in [5.41, 5.74) is 5.87. The Morgan fingerprint density at radius 1 is 0.909 bits per heavy atom. The zero-order valence-corrected chi connectivity index (χ0v) is 11.6. The van der Waals surface area contributed by atoms with Crippen molar-refractivity contribution in [2.24, 2.45) is 5.73 Å². The molecule has 0 saturated heterocycles. The van der Waals surface area contributed by atoms with Crippen LogP contribution in [0.3, 0.4) is 0 Å². The van der Waals surface area contributed by atoms with Gasteiger partial charge >= 0.3 is 5.97 Å². The third kappa shape index (κ3) is 2.42. The van der Waals surface area contributed by atoms with Crippen LogP contribution in [0.2, 0.25) is 0 Å². The molecular formula is C18H13NO3. The van der Waals surface area contributed by atoms with E-state index in [-0.39, 0.29) is 5.57 Å². The molecule has 0 atom stereocenters. The van der Waals surface area contributed by atoms with Crippen LogP contribution in [0.4, 0.5) is 0 Å². The molecule has 0 aromatic heterocycles. The minimum Gasteiger partial charge on any atom is -0.478 e. The van der Waals surface area contributed by atoms with Crippen LogP contribution < -0.4 is 5.73 Å². The molecule has 3 aromatic carbocycles. The van der Waals surface area contributed by atoms with Crippen molar-refractivity contribution in [2.45, 2.75) is 0 Å². The van der Waals surface area contributed by atoms with Gasteiger partial charge in [0.05, 0.1) is 5.57 Å². The summed E-state index contributed by atoms with van der Waals surface area (Å²) >= 11 is 0. The topological polar surface area (TPSA) is 80.4 Å². The molecule has 108 valence electrons. The SMILES string of the molecule is NC(=O)C(=CC(=O)O)c1cccc2cc3ccccc3cc12. The average Bonchev–Trinajstić information content (AvgIpc) is 2.49. The van der Waals surface area contributed by atoms with Crippen molar-refractivity contribution < 1.29 is 14.7 Å². The quantitative estimate of drug-likeness (QED) is 0.575. The van der Waals surface area contributed by atoms with Crippen LogP contribution in [0.15, 0.2) is 60.7 Å². The maximum Gasteiger partial charge on any atom is 0.329 e. The summed E-state index contributed by atoms with van der Waals surface area (Å²) in [6, 6.07) is 17.2. The highest BCUT2D eigenvalue weighted by Gasteiger charge is 2.14. The van der Waals surface area contributed by atoms with Gasteiger partial charge in [-0.25, -0.2) is 4.79 Å². The predicted octanol–water partition coefficient (Wildman–Crippen LogP) is 2.95. The molecule has 4 heteroatoms. The molecule has 22 heavy (non-hydrogen) atoms. The van der Waals surface area contributed by atoms with Crippen molar-refractivity contribution in [3.05, 3.63) is 66.2 Å². The first-order chi connectivity index (χ1) is 10.6. The number of fused-ring (bicyclic) bond motifs is 2. The van der Waals surface area contributed by atoms with E-state index in [0.717, 1.165) is 27.6 Å². The highest BCUT2D eigenvalue weighted by atomic mass is 16.4. The van der Waals surface area contributed by atoms with Gasteiger partial charge in [0.25, 0.3) is 0 Å². The Bertz CT molecular complexity index is 941. The molecule has 0 radical (unpaired) electrons. The van der Waals surface area contributed by atoms with Crippen LogP contribution in [0, 0.1) is 0 Å². The number of hydrogen-bond donors (Lipinski definition) is 2. The lowest BCUT2D eigenvalue weighted by molar-refractivity contribution is -0.131. The molecule has 0 bridgehead atoms. The standard InChI is InChI=1S/C18H13NO3/c19-18(22)16(10-17(20)21)14-7-3-6-13-8-11-4-1-2-5-12(11)9-15(13)14/h1-10H,(H2,19,22)(H,20,21). The Kier molecular flexibility index (Phi) is 3.35. The van der Waals surface area contributed by atoms with Gasteiger partial charge in [-0.05, 0) is 39.2 Å². The van der Waals surface area contributed by atoms with Crippen molar-refractivity contribution >= 4 is 39.0 Å². The summed E-state index contributed by atoms with van der Waals surface area (Å²) in [6.07, 6.45) is 0.853. The number of rotatable bonds is 3. The van der Waals surface area contributed by atoms with Gasteiger partial charge in [0.2, 0.25) is 5.91 Å². The van der Waals surface area contributed by atoms with E-state index in [2.05, 4.69) is 0 Å². The van der Waals surface area contributed by atoms with E-state index in [1.54, 1.807) is 12.1 Å². The summed E-state index contributed by atoms with van der Waals surface area (Å²) < 4.78 is 0. The molecule has 0 unspecified atom stereocenters. The summed E-state index contributed by atoms with van der Waals surface area (Å²) in [5, 5.41) is 12.8. The van der Waals surface area contributed by atoms with Crippen molar-refractivity contribution in [1.82, 2.24) is 0 Å². The Morgan fingerprint density at radius 3 is 2.18 bits per heavy atom. The fraction of sp³-hybridized carbons (Fsp3) is 0. The van der Waals surface area contributed by atoms with Crippen LogP contribution in [-0.4, -0.2) is 17.0 Å². The van der Waals surface area contributed by atoms with E-state index >= 15 is 0 Å². The third-order valence-corrected chi connectivity index (χ3v) is 3.57. The van der Waals surface area contributed by atoms with Crippen LogP contribution in [-0.2, 0) is 9.59 Å². The molecule has 0 aliphatic rings. The number of benzene rings is 3. The number of carboxylic acid groups (broad SMARTS) is 1. The van der Waals surface area contributed by atoms with Gasteiger partial charge in [-0.3, -0.25) is 4.79 Å². The van der Waals surface area contributed by atoms with E-state index in [1.807, 2.05) is 42.5 Å². The Labute approximate surface area is 126 Å². The lowest BCUT2D eigenvalue weighted by atomic mass is 9.95. The Hall–Kier alpha value is -3.14. The minimum absolute atomic E-state index is 0.00613. The van der Waals surface area contributed by atoms with Gasteiger partial charge in [-0.1, -0.05) is 42.5 Å². The lowest BCUT2D eigenvalue weighted by Gasteiger charge is -2.09. The van der Waals surface area contributed by atoms with Gasteiger partial charge in [-0.15, -0.1) is 0 Å². The number of carboxylic acids is 1. The molecule has 3 rings (SSSR count). The van der Waals surface area contributed by atoms with Crippen molar-refractivity contribution in [1.29, 1.82) is 0 Å². The summed E-state index contributed by atoms with van der Waals surface area (Å²) in [5.74, 6) is -1.96. The molecule has 1 amide bonds. The second-order valence-corrected chi connectivity index (χ2v) is 4.99. The molecule has 0 fully saturated rings. The number of amides is 1. The highest BCUT2D eigenvalue weighted by Crippen LogP contribution is 2.29. The van der Waals surface area contributed by atoms with Crippen molar-refractivity contribution in [3.63, 3.8) is 0 Å². The molecule has 3 aromatic rings. The molecule has 0 aliphatic heterocycles. The molecule has 0 aliphatic carbocycles. The second-order valence-electron chi connectivity index (χ2n) is 4.99. The molecule has 3 N–H and O–H groups in total. The molecule has 0 spiro atoms. The third-order valence-electron chi connectivity index (χ3n) is 3.57. The maximum atomic E-state index is 11.6. The predicted molar refractivity (Wildman–Crippen MR) is 86.3 cm³/mol. The monoisotopic (exact) mass is 291 g/mol. The van der Waals surface area contributed by atoms with E-state index in [4.69, 9.17) is 10.8 Å². The number of carbonyl (C=O) groups is 2. The largest absolute Gasteiger partial charge is 0.478 e. The first kappa shape index (κ1) is 13.8. The van der Waals surface area contributed by atoms with E-state index in [1.165, 1.54) is 0 Å². The summed E-state index contributed by atoms with van der Waals surface area (Å²) in [7, 11) is 0. The van der Waals surface area contributed by atoms with Crippen molar-refractivity contribution in [3.8, 4) is 0 Å². The fourth-order valence-electron chi connectivity index (χ4n) is 2.61. The second kappa shape index (κ2) is 5.33. The molecular weight excluding hydrogens is 278 g/mol. The number of nitrogens with two attached hydrogens (primary N) is 1. The van der Waals surface area contributed by atoms with Gasteiger partial charge < -0.3 is 10.8 Å². The number of primary amides is 1. The van der Waals surface area contributed by atoms with Gasteiger partial charge in [0.1, 0.15) is 0 Å². The summed E-state index contributed by atoms with van der Waals surface area (Å²) in [4.78, 5) is 22.6. The Morgan fingerprint density at radius 2 is 1.55 bits per heavy atom. The minimum atomic E-state index is -1.20. The van der Waals surface area contributed by atoms with Crippen molar-refractivity contribution in [2.75, 3.05) is 0 Å². The Balaban J connectivity index is 2.36.